The molecule has 0 bridgehead atoms. The largest absolute Gasteiger partial charge is 0.336 e. The number of likely N-dealkylation sites (N-methyl/N-ethyl adjacent to an activating group) is 1. The highest BCUT2D eigenvalue weighted by atomic mass is 32.2. The van der Waals surface area contributed by atoms with Crippen molar-refractivity contribution in [3.8, 4) is 11.4 Å². The standard InChI is InChI=1S/C24H27N5O2S/c1-5-13-29-23(19-8-6-7-18(3)14-19)26-27-24(29)32-16-22(31)28(4)15-21(30)25-20-11-9-17(2)10-12-20/h5-12,14H,1,13,15-16H2,2-4H3,(H,25,30). The van der Waals surface area contributed by atoms with Crippen molar-refractivity contribution in [3.63, 3.8) is 0 Å². The van der Waals surface area contributed by atoms with Gasteiger partial charge in [-0.1, -0.05) is 59.3 Å². The van der Waals surface area contributed by atoms with E-state index >= 15 is 0 Å². The van der Waals surface area contributed by atoms with Gasteiger partial charge in [0.05, 0.1) is 12.3 Å². The van der Waals surface area contributed by atoms with Crippen LogP contribution in [0.4, 0.5) is 5.69 Å². The van der Waals surface area contributed by atoms with Gasteiger partial charge >= 0.3 is 0 Å². The van der Waals surface area contributed by atoms with Crippen LogP contribution in [-0.2, 0) is 16.1 Å². The van der Waals surface area contributed by atoms with Gasteiger partial charge < -0.3 is 10.2 Å². The average molecular weight is 450 g/mol. The third-order valence-corrected chi connectivity index (χ3v) is 5.72. The van der Waals surface area contributed by atoms with Crippen LogP contribution in [0.1, 0.15) is 11.1 Å². The Morgan fingerprint density at radius 1 is 1.12 bits per heavy atom. The van der Waals surface area contributed by atoms with E-state index in [-0.39, 0.29) is 24.1 Å². The monoisotopic (exact) mass is 449 g/mol. The molecule has 166 valence electrons. The van der Waals surface area contributed by atoms with E-state index in [4.69, 9.17) is 0 Å². The minimum Gasteiger partial charge on any atom is -0.336 e. The van der Waals surface area contributed by atoms with E-state index < -0.39 is 0 Å². The molecule has 3 aromatic rings. The van der Waals surface area contributed by atoms with Gasteiger partial charge in [-0.2, -0.15) is 0 Å². The zero-order valence-corrected chi connectivity index (χ0v) is 19.4. The molecule has 8 heteroatoms. The van der Waals surface area contributed by atoms with Crippen LogP contribution < -0.4 is 5.32 Å². The number of anilines is 1. The summed E-state index contributed by atoms with van der Waals surface area (Å²) in [5.74, 6) is 0.470. The SMILES string of the molecule is C=CCn1c(SCC(=O)N(C)CC(=O)Nc2ccc(C)cc2)nnc1-c1cccc(C)c1. The van der Waals surface area contributed by atoms with Crippen molar-refractivity contribution in [1.29, 1.82) is 0 Å². The zero-order chi connectivity index (χ0) is 23.1. The van der Waals surface area contributed by atoms with E-state index in [0.29, 0.717) is 17.4 Å². The maximum Gasteiger partial charge on any atom is 0.243 e. The van der Waals surface area contributed by atoms with Gasteiger partial charge in [-0.15, -0.1) is 16.8 Å². The Morgan fingerprint density at radius 3 is 2.56 bits per heavy atom. The summed E-state index contributed by atoms with van der Waals surface area (Å²) in [6.45, 7) is 8.33. The van der Waals surface area contributed by atoms with Gasteiger partial charge in [0.1, 0.15) is 0 Å². The first-order chi connectivity index (χ1) is 15.4. The predicted molar refractivity (Wildman–Crippen MR) is 129 cm³/mol. The summed E-state index contributed by atoms with van der Waals surface area (Å²) in [6, 6.07) is 15.5. The molecule has 0 aliphatic rings. The number of hydrogen-bond donors (Lipinski definition) is 1. The lowest BCUT2D eigenvalue weighted by Gasteiger charge is -2.16. The van der Waals surface area contributed by atoms with E-state index in [1.54, 1.807) is 13.1 Å². The summed E-state index contributed by atoms with van der Waals surface area (Å²) in [6.07, 6.45) is 1.77. The van der Waals surface area contributed by atoms with Crippen LogP contribution in [0.2, 0.25) is 0 Å². The lowest BCUT2D eigenvalue weighted by Crippen LogP contribution is -2.36. The molecule has 0 saturated heterocycles. The quantitative estimate of drug-likeness (QED) is 0.395. The van der Waals surface area contributed by atoms with Crippen LogP contribution in [0.15, 0.2) is 66.3 Å². The van der Waals surface area contributed by atoms with Crippen LogP contribution in [-0.4, -0.2) is 50.8 Å². The molecule has 32 heavy (non-hydrogen) atoms. The van der Waals surface area contributed by atoms with E-state index in [1.165, 1.54) is 16.7 Å². The number of hydrogen-bond acceptors (Lipinski definition) is 5. The van der Waals surface area contributed by atoms with Crippen LogP contribution in [0, 0.1) is 13.8 Å². The molecule has 0 aliphatic carbocycles. The molecule has 0 radical (unpaired) electrons. The highest BCUT2D eigenvalue weighted by Gasteiger charge is 2.18. The molecule has 2 amide bonds. The van der Waals surface area contributed by atoms with Crippen molar-refractivity contribution >= 4 is 29.3 Å². The lowest BCUT2D eigenvalue weighted by atomic mass is 10.1. The Bertz CT molecular complexity index is 1110. The smallest absolute Gasteiger partial charge is 0.243 e. The van der Waals surface area contributed by atoms with E-state index in [9.17, 15) is 9.59 Å². The summed E-state index contributed by atoms with van der Waals surface area (Å²) in [5.41, 5.74) is 3.91. The molecular weight excluding hydrogens is 422 g/mol. The van der Waals surface area contributed by atoms with Gasteiger partial charge in [0, 0.05) is 24.8 Å². The fourth-order valence-corrected chi connectivity index (χ4v) is 3.95. The number of allylic oxidation sites excluding steroid dienone is 1. The minimum atomic E-state index is -0.244. The Kier molecular flexibility index (Phi) is 7.83. The first kappa shape index (κ1) is 23.3. The van der Waals surface area contributed by atoms with Crippen molar-refractivity contribution in [2.45, 2.75) is 25.5 Å². The summed E-state index contributed by atoms with van der Waals surface area (Å²) in [7, 11) is 1.62. The normalized spacial score (nSPS) is 10.6. The predicted octanol–water partition coefficient (Wildman–Crippen LogP) is 3.94. The highest BCUT2D eigenvalue weighted by molar-refractivity contribution is 7.99. The maximum absolute atomic E-state index is 12.6. The molecule has 0 saturated carbocycles. The molecule has 1 aromatic heterocycles. The summed E-state index contributed by atoms with van der Waals surface area (Å²) >= 11 is 1.29. The number of aromatic nitrogens is 3. The van der Waals surface area contributed by atoms with Crippen LogP contribution >= 0.6 is 11.8 Å². The molecule has 3 rings (SSSR count). The lowest BCUT2D eigenvalue weighted by molar-refractivity contribution is -0.131. The number of thioether (sulfide) groups is 1. The van der Waals surface area contributed by atoms with Gasteiger partial charge in [-0.3, -0.25) is 14.2 Å². The molecule has 7 nitrogen and oxygen atoms in total. The number of benzene rings is 2. The van der Waals surface area contributed by atoms with Gasteiger partial charge in [0.15, 0.2) is 11.0 Å². The number of aryl methyl sites for hydroxylation is 2. The van der Waals surface area contributed by atoms with Gasteiger partial charge in [0.25, 0.3) is 0 Å². The number of nitrogens with one attached hydrogen (secondary N) is 1. The molecular formula is C24H27N5O2S. The Hall–Kier alpha value is -3.39. The third-order valence-electron chi connectivity index (χ3n) is 4.77. The van der Waals surface area contributed by atoms with Crippen LogP contribution in [0.5, 0.6) is 0 Å². The fourth-order valence-electron chi connectivity index (χ4n) is 3.06. The zero-order valence-electron chi connectivity index (χ0n) is 18.5. The first-order valence-corrected chi connectivity index (χ1v) is 11.2. The van der Waals surface area contributed by atoms with Crippen LogP contribution in [0.3, 0.4) is 0 Å². The minimum absolute atomic E-state index is 0.0266. The second kappa shape index (κ2) is 10.8. The first-order valence-electron chi connectivity index (χ1n) is 10.2. The van der Waals surface area contributed by atoms with Crippen molar-refractivity contribution < 1.29 is 9.59 Å². The van der Waals surface area contributed by atoms with E-state index in [1.807, 2.05) is 66.9 Å². The van der Waals surface area contributed by atoms with Crippen molar-refractivity contribution in [2.24, 2.45) is 0 Å². The van der Waals surface area contributed by atoms with E-state index in [0.717, 1.165) is 22.5 Å². The number of nitrogens with zero attached hydrogens (tertiary/aromatic N) is 4. The molecule has 0 spiro atoms. The molecule has 2 aromatic carbocycles. The third kappa shape index (κ3) is 6.07. The summed E-state index contributed by atoms with van der Waals surface area (Å²) < 4.78 is 1.93. The van der Waals surface area contributed by atoms with Crippen molar-refractivity contribution in [2.75, 3.05) is 24.7 Å². The molecule has 1 N–H and O–H groups in total. The Labute approximate surface area is 192 Å². The maximum atomic E-state index is 12.6. The average Bonchev–Trinajstić information content (AvgIpc) is 3.16. The topological polar surface area (TPSA) is 80.1 Å². The Balaban J connectivity index is 1.60. The molecule has 0 atom stereocenters. The number of rotatable bonds is 9. The van der Waals surface area contributed by atoms with Gasteiger partial charge in [-0.05, 0) is 32.0 Å². The number of carbonyl (C=O) groups is 2. The van der Waals surface area contributed by atoms with E-state index in [2.05, 4.69) is 22.1 Å². The van der Waals surface area contributed by atoms with Crippen molar-refractivity contribution in [1.82, 2.24) is 19.7 Å². The molecule has 0 unspecified atom stereocenters. The fraction of sp³-hybridized carbons (Fsp3) is 0.250. The van der Waals surface area contributed by atoms with Crippen molar-refractivity contribution in [3.05, 3.63) is 72.3 Å². The van der Waals surface area contributed by atoms with Gasteiger partial charge in [0.2, 0.25) is 11.8 Å². The molecule has 0 fully saturated rings. The Morgan fingerprint density at radius 2 is 1.88 bits per heavy atom. The van der Waals surface area contributed by atoms with Gasteiger partial charge in [-0.25, -0.2) is 0 Å². The second-order valence-corrected chi connectivity index (χ2v) is 8.47. The summed E-state index contributed by atoms with van der Waals surface area (Å²) in [4.78, 5) is 26.3. The molecule has 0 aliphatic heterocycles. The highest BCUT2D eigenvalue weighted by Crippen LogP contribution is 2.25. The summed E-state index contributed by atoms with van der Waals surface area (Å²) in [5, 5.41) is 12.0. The number of amides is 2. The molecule has 1 heterocycles. The second-order valence-electron chi connectivity index (χ2n) is 7.53. The number of carbonyl (C=O) groups excluding carboxylic acids is 2. The van der Waals surface area contributed by atoms with Crippen LogP contribution in [0.25, 0.3) is 11.4 Å².